The predicted octanol–water partition coefficient (Wildman–Crippen LogP) is 5.37. The molecule has 3 aliphatic rings. The molecular formula is C45H73NO12. The molecule has 0 radical (unpaired) electrons. The third-order valence-corrected chi connectivity index (χ3v) is 12.6. The summed E-state index contributed by atoms with van der Waals surface area (Å²) in [4.78, 5) is 39.4. The Balaban J connectivity index is 1.86. The number of aliphatic hydroxyl groups excluding tert-OH is 2. The van der Waals surface area contributed by atoms with Crippen LogP contribution in [0.5, 0.6) is 0 Å². The molecule has 0 aromatic carbocycles. The molecule has 0 aliphatic carbocycles. The second kappa shape index (κ2) is 23.9. The van der Waals surface area contributed by atoms with Gasteiger partial charge in [-0.3, -0.25) is 9.59 Å². The molecule has 15 atom stereocenters. The van der Waals surface area contributed by atoms with Gasteiger partial charge >= 0.3 is 5.97 Å². The second-order valence-corrected chi connectivity index (χ2v) is 16.9. The van der Waals surface area contributed by atoms with Gasteiger partial charge in [-0.2, -0.15) is 0 Å². The smallest absolute Gasteiger partial charge is 0.331 e. The van der Waals surface area contributed by atoms with Gasteiger partial charge < -0.3 is 48.3 Å². The number of aliphatic hydroxyl groups is 2. The van der Waals surface area contributed by atoms with Crippen LogP contribution >= 0.6 is 0 Å². The zero-order chi connectivity index (χ0) is 43.2. The van der Waals surface area contributed by atoms with E-state index in [4.69, 9.17) is 33.2 Å². The molecule has 0 aromatic heterocycles. The number of rotatable bonds is 16. The van der Waals surface area contributed by atoms with Crippen LogP contribution in [-0.4, -0.2) is 136 Å². The van der Waals surface area contributed by atoms with Gasteiger partial charge in [0.15, 0.2) is 0 Å². The maximum Gasteiger partial charge on any atom is 0.331 e. The van der Waals surface area contributed by atoms with Crippen LogP contribution in [0.25, 0.3) is 0 Å². The Kier molecular flexibility index (Phi) is 20.4. The standard InChI is InChI=1S/C45H73NO12/c1-28-15-18-34(48)23-35-13-12-14-36(57-35)24-39(53-9)45(26-56-45)40(54-10)25-38(52-8)32(5)44(58-41(50)20-16-28)33(6)42(51)29(2)17-19-37(49)31(4)43(55-11)30(3)21-22-46(7)27-47/h12-13,15-16,20-22,27,29-36,38-40,42-44,48,51H,14,17-19,23-26H2,1-11H3/b20-16-,22-21+,28-15-/t29-,30-,31+,32+,33+,34+,35+,36+,38-,39+,40+,42+,43-,44?,45?/m1/s1. The Morgan fingerprint density at radius 1 is 1.03 bits per heavy atom. The number of amides is 1. The fraction of sp³-hybridized carbons (Fsp3) is 0.756. The summed E-state index contributed by atoms with van der Waals surface area (Å²) < 4.78 is 42.8. The number of hydrogen-bond donors (Lipinski definition) is 2. The van der Waals surface area contributed by atoms with Crippen LogP contribution in [-0.2, 0) is 47.5 Å². The molecule has 1 fully saturated rings. The molecule has 3 heterocycles. The van der Waals surface area contributed by atoms with Gasteiger partial charge in [0.25, 0.3) is 0 Å². The first-order chi connectivity index (χ1) is 27.5. The Hall–Kier alpha value is -2.75. The van der Waals surface area contributed by atoms with E-state index in [-0.39, 0.29) is 42.4 Å². The molecule has 0 saturated carbocycles. The lowest BCUT2D eigenvalue weighted by atomic mass is 9.78. The number of fused-ring (bicyclic) bond motifs is 2. The van der Waals surface area contributed by atoms with Crippen molar-refractivity contribution in [3.05, 3.63) is 48.2 Å². The average molecular weight is 820 g/mol. The largest absolute Gasteiger partial charge is 0.458 e. The highest BCUT2D eigenvalue weighted by Crippen LogP contribution is 2.43. The molecule has 0 aromatic rings. The van der Waals surface area contributed by atoms with Crippen LogP contribution in [0.15, 0.2) is 48.2 Å². The lowest BCUT2D eigenvalue weighted by Gasteiger charge is -2.39. The van der Waals surface area contributed by atoms with Gasteiger partial charge in [-0.25, -0.2) is 4.79 Å². The van der Waals surface area contributed by atoms with Crippen LogP contribution < -0.4 is 0 Å². The minimum atomic E-state index is -0.931. The minimum Gasteiger partial charge on any atom is -0.458 e. The maximum atomic E-state index is 13.5. The number of cyclic esters (lactones) is 1. The summed E-state index contributed by atoms with van der Waals surface area (Å²) >= 11 is 0. The molecular weight excluding hydrogens is 746 g/mol. The van der Waals surface area contributed by atoms with E-state index in [1.165, 1.54) is 11.0 Å². The minimum absolute atomic E-state index is 0.00734. The molecule has 2 bridgehead atoms. The van der Waals surface area contributed by atoms with Crippen molar-refractivity contribution in [2.75, 3.05) is 42.1 Å². The number of Topliss-reactive ketones (excluding diaryl/α,β-unsaturated/α-hetero) is 1. The molecule has 2 unspecified atom stereocenters. The van der Waals surface area contributed by atoms with Gasteiger partial charge in [-0.05, 0) is 32.1 Å². The number of carbonyl (C=O) groups excluding carboxylic acids is 3. The molecule has 1 saturated heterocycles. The highest BCUT2D eigenvalue weighted by atomic mass is 16.6. The fourth-order valence-corrected chi connectivity index (χ4v) is 8.63. The third kappa shape index (κ3) is 13.9. The summed E-state index contributed by atoms with van der Waals surface area (Å²) in [7, 11) is 8.13. The van der Waals surface area contributed by atoms with Gasteiger partial charge in [0.2, 0.25) is 6.41 Å². The van der Waals surface area contributed by atoms with E-state index < -0.39 is 65.9 Å². The summed E-state index contributed by atoms with van der Waals surface area (Å²) in [6.45, 7) is 11.8. The van der Waals surface area contributed by atoms with Crippen LogP contribution in [0, 0.1) is 29.6 Å². The first-order valence-electron chi connectivity index (χ1n) is 20.9. The Morgan fingerprint density at radius 2 is 1.71 bits per heavy atom. The normalized spacial score (nSPS) is 34.8. The lowest BCUT2D eigenvalue weighted by Crippen LogP contribution is -2.50. The Labute approximate surface area is 347 Å². The number of hydrogen-bond acceptors (Lipinski definition) is 12. The topological polar surface area (TPSA) is 163 Å². The predicted molar refractivity (Wildman–Crippen MR) is 221 cm³/mol. The first kappa shape index (κ1) is 49.6. The number of ketones is 1. The van der Waals surface area contributed by atoms with Gasteiger partial charge in [-0.15, -0.1) is 0 Å². The van der Waals surface area contributed by atoms with E-state index >= 15 is 0 Å². The Morgan fingerprint density at radius 3 is 2.31 bits per heavy atom. The van der Waals surface area contributed by atoms with Crippen LogP contribution in [0.3, 0.4) is 0 Å². The zero-order valence-corrected chi connectivity index (χ0v) is 36.8. The first-order valence-corrected chi connectivity index (χ1v) is 20.9. The lowest BCUT2D eigenvalue weighted by molar-refractivity contribution is -0.159. The number of allylic oxidation sites excluding steroid dienone is 2. The van der Waals surface area contributed by atoms with Crippen LogP contribution in [0.2, 0.25) is 0 Å². The van der Waals surface area contributed by atoms with Gasteiger partial charge in [0.05, 0.1) is 55.4 Å². The van der Waals surface area contributed by atoms with Gasteiger partial charge in [0.1, 0.15) is 17.5 Å². The Bertz CT molecular complexity index is 1410. The van der Waals surface area contributed by atoms with Crippen molar-refractivity contribution in [3.63, 3.8) is 0 Å². The summed E-state index contributed by atoms with van der Waals surface area (Å²) in [5.74, 6) is -2.39. The number of epoxide rings is 1. The van der Waals surface area contributed by atoms with E-state index in [0.29, 0.717) is 51.5 Å². The molecule has 330 valence electrons. The number of carbonyl (C=O) groups is 3. The molecule has 2 N–H and O–H groups in total. The second-order valence-electron chi connectivity index (χ2n) is 16.9. The summed E-state index contributed by atoms with van der Waals surface area (Å²) in [5, 5.41) is 22.7. The SMILES string of the molecule is CO[C@H]([C@H](C)/C=C/N(C)C=O)[C@@H](C)C(=O)CC[C@@H](C)[C@H](O)[C@H](C)C1OC(=O)/C=C\C(C)=C/C[C@H](O)C[C@@H]2C=CC[C@@H](C[C@H](OC)C3(CO3)[C@@H](OC)C[C@@H](OC)[C@@H]1C)O2. The summed E-state index contributed by atoms with van der Waals surface area (Å²) in [5.41, 5.74) is 0.0428. The van der Waals surface area contributed by atoms with Crippen molar-refractivity contribution in [1.29, 1.82) is 0 Å². The van der Waals surface area contributed by atoms with Crippen LogP contribution in [0.1, 0.15) is 86.5 Å². The van der Waals surface area contributed by atoms with Gasteiger partial charge in [0, 0.05) is 97.1 Å². The summed E-state index contributed by atoms with van der Waals surface area (Å²) in [6, 6.07) is 0. The number of nitrogens with zero attached hydrogens (tertiary/aromatic N) is 1. The molecule has 1 amide bonds. The highest BCUT2D eigenvalue weighted by Gasteiger charge is 2.59. The quantitative estimate of drug-likeness (QED) is 0.0888. The van der Waals surface area contributed by atoms with E-state index in [0.717, 1.165) is 5.57 Å². The van der Waals surface area contributed by atoms with Crippen molar-refractivity contribution in [3.8, 4) is 0 Å². The molecule has 58 heavy (non-hydrogen) atoms. The highest BCUT2D eigenvalue weighted by molar-refractivity contribution is 5.82. The number of esters is 1. The number of ether oxygens (including phenoxy) is 7. The molecule has 3 aliphatic heterocycles. The molecule has 3 rings (SSSR count). The maximum absolute atomic E-state index is 13.5. The van der Waals surface area contributed by atoms with Crippen molar-refractivity contribution >= 4 is 18.2 Å². The van der Waals surface area contributed by atoms with E-state index in [9.17, 15) is 24.6 Å². The number of methoxy groups -OCH3 is 4. The van der Waals surface area contributed by atoms with E-state index in [2.05, 4.69) is 6.08 Å². The molecule has 13 heteroatoms. The van der Waals surface area contributed by atoms with Crippen molar-refractivity contribution in [2.24, 2.45) is 29.6 Å². The van der Waals surface area contributed by atoms with E-state index in [1.807, 2.05) is 59.8 Å². The molecule has 1 spiro atoms. The fourth-order valence-electron chi connectivity index (χ4n) is 8.63. The van der Waals surface area contributed by atoms with Crippen molar-refractivity contribution in [1.82, 2.24) is 4.90 Å². The van der Waals surface area contributed by atoms with Gasteiger partial charge in [-0.1, -0.05) is 70.6 Å². The van der Waals surface area contributed by atoms with Crippen molar-refractivity contribution < 1.29 is 57.8 Å². The average Bonchev–Trinajstić information content (AvgIpc) is 4.02. The summed E-state index contributed by atoms with van der Waals surface area (Å²) in [6.07, 6.45) is 11.9. The third-order valence-electron chi connectivity index (χ3n) is 12.6. The zero-order valence-electron chi connectivity index (χ0n) is 36.8. The van der Waals surface area contributed by atoms with Crippen molar-refractivity contribution in [2.45, 2.75) is 147 Å². The van der Waals surface area contributed by atoms with E-state index in [1.54, 1.807) is 47.8 Å². The van der Waals surface area contributed by atoms with Crippen LogP contribution in [0.4, 0.5) is 0 Å². The monoisotopic (exact) mass is 820 g/mol. The molecule has 13 nitrogen and oxygen atoms in total.